The highest BCUT2D eigenvalue weighted by Gasteiger charge is 2.27. The number of nitrogens with two attached hydrogens (primary N) is 1. The largest absolute Gasteiger partial charge is 0.398 e. The van der Waals surface area contributed by atoms with Crippen molar-refractivity contribution in [2.45, 2.75) is 30.7 Å². The first-order valence-corrected chi connectivity index (χ1v) is 9.10. The molecule has 1 aliphatic rings. The standard InChI is InChI=1S/C13H19BrFN3O2S/c1-2-18-5-3-4-9(8-18)17-21(19,20)13-7-12(16)10(14)6-11(13)15/h6-7,9,17H,2-5,8,16H2,1H3. The molecule has 118 valence electrons. The summed E-state index contributed by atoms with van der Waals surface area (Å²) in [4.78, 5) is 1.76. The molecule has 8 heteroatoms. The van der Waals surface area contributed by atoms with Crippen LogP contribution in [-0.4, -0.2) is 39.0 Å². The number of sulfonamides is 1. The van der Waals surface area contributed by atoms with Gasteiger partial charge in [-0.3, -0.25) is 0 Å². The van der Waals surface area contributed by atoms with Crippen LogP contribution >= 0.6 is 15.9 Å². The molecule has 2 rings (SSSR count). The molecule has 1 unspecified atom stereocenters. The Balaban J connectivity index is 2.20. The van der Waals surface area contributed by atoms with E-state index in [2.05, 4.69) is 25.6 Å². The van der Waals surface area contributed by atoms with E-state index in [0.717, 1.165) is 38.1 Å². The summed E-state index contributed by atoms with van der Waals surface area (Å²) in [5.41, 5.74) is 5.84. The molecule has 1 aromatic carbocycles. The molecule has 3 N–H and O–H groups in total. The molecule has 0 aliphatic carbocycles. The number of piperidine rings is 1. The predicted molar refractivity (Wildman–Crippen MR) is 84.0 cm³/mol. The van der Waals surface area contributed by atoms with Gasteiger partial charge in [0.05, 0.1) is 0 Å². The molecular weight excluding hydrogens is 361 g/mol. The van der Waals surface area contributed by atoms with Crippen molar-refractivity contribution in [1.82, 2.24) is 9.62 Å². The van der Waals surface area contributed by atoms with Crippen LogP contribution in [0.15, 0.2) is 21.5 Å². The lowest BCUT2D eigenvalue weighted by Gasteiger charge is -2.32. The molecule has 1 aliphatic heterocycles. The molecule has 0 radical (unpaired) electrons. The number of nitrogen functional groups attached to an aromatic ring is 1. The molecule has 0 bridgehead atoms. The van der Waals surface area contributed by atoms with Crippen molar-refractivity contribution in [1.29, 1.82) is 0 Å². The van der Waals surface area contributed by atoms with Gasteiger partial charge in [0.1, 0.15) is 10.7 Å². The van der Waals surface area contributed by atoms with Gasteiger partial charge in [-0.2, -0.15) is 0 Å². The van der Waals surface area contributed by atoms with Gasteiger partial charge in [-0.15, -0.1) is 0 Å². The molecule has 1 atom stereocenters. The van der Waals surface area contributed by atoms with Crippen molar-refractivity contribution in [3.05, 3.63) is 22.4 Å². The van der Waals surface area contributed by atoms with Crippen LogP contribution in [0.5, 0.6) is 0 Å². The molecule has 21 heavy (non-hydrogen) atoms. The van der Waals surface area contributed by atoms with Gasteiger partial charge in [0.15, 0.2) is 0 Å². The topological polar surface area (TPSA) is 75.4 Å². The highest BCUT2D eigenvalue weighted by Crippen LogP contribution is 2.26. The minimum Gasteiger partial charge on any atom is -0.398 e. The van der Waals surface area contributed by atoms with Crippen molar-refractivity contribution < 1.29 is 12.8 Å². The number of likely N-dealkylation sites (N-methyl/N-ethyl adjacent to an activating group) is 1. The van der Waals surface area contributed by atoms with Gasteiger partial charge in [0, 0.05) is 22.7 Å². The number of likely N-dealkylation sites (tertiary alicyclic amines) is 1. The first-order valence-electron chi connectivity index (χ1n) is 6.82. The minimum absolute atomic E-state index is 0.190. The molecule has 1 aromatic rings. The monoisotopic (exact) mass is 379 g/mol. The van der Waals surface area contributed by atoms with E-state index in [0.29, 0.717) is 11.0 Å². The van der Waals surface area contributed by atoms with Crippen LogP contribution in [0, 0.1) is 5.82 Å². The summed E-state index contributed by atoms with van der Waals surface area (Å²) in [6.45, 7) is 4.52. The molecule has 1 fully saturated rings. The first-order chi connectivity index (χ1) is 9.83. The first kappa shape index (κ1) is 16.7. The summed E-state index contributed by atoms with van der Waals surface area (Å²) in [6, 6.07) is 2.01. The van der Waals surface area contributed by atoms with Gasteiger partial charge < -0.3 is 10.6 Å². The summed E-state index contributed by atoms with van der Waals surface area (Å²) in [7, 11) is -3.91. The lowest BCUT2D eigenvalue weighted by Crippen LogP contribution is -2.47. The Labute approximate surface area is 132 Å². The minimum atomic E-state index is -3.91. The fourth-order valence-electron chi connectivity index (χ4n) is 2.47. The van der Waals surface area contributed by atoms with Crippen LogP contribution in [0.3, 0.4) is 0 Å². The summed E-state index contributed by atoms with van der Waals surface area (Å²) < 4.78 is 41.5. The molecule has 0 spiro atoms. The van der Waals surface area contributed by atoms with Crippen LogP contribution in [0.2, 0.25) is 0 Å². The highest BCUT2D eigenvalue weighted by molar-refractivity contribution is 9.10. The molecule has 5 nitrogen and oxygen atoms in total. The number of halogens is 2. The van der Waals surface area contributed by atoms with E-state index in [1.807, 2.05) is 6.92 Å². The van der Waals surface area contributed by atoms with Gasteiger partial charge in [0.2, 0.25) is 10.0 Å². The normalized spacial score (nSPS) is 20.6. The number of benzene rings is 1. The van der Waals surface area contributed by atoms with Gasteiger partial charge in [-0.1, -0.05) is 6.92 Å². The van der Waals surface area contributed by atoms with Crippen molar-refractivity contribution in [3.63, 3.8) is 0 Å². The Kier molecular flexibility index (Phi) is 5.24. The Morgan fingerprint density at radius 2 is 2.24 bits per heavy atom. The maximum Gasteiger partial charge on any atom is 0.243 e. The van der Waals surface area contributed by atoms with E-state index < -0.39 is 20.7 Å². The van der Waals surface area contributed by atoms with Crippen molar-refractivity contribution >= 4 is 31.6 Å². The Hall–Kier alpha value is -0.700. The maximum absolute atomic E-state index is 13.9. The summed E-state index contributed by atoms with van der Waals surface area (Å²) in [5.74, 6) is -0.813. The van der Waals surface area contributed by atoms with Crippen molar-refractivity contribution in [3.8, 4) is 0 Å². The highest BCUT2D eigenvalue weighted by atomic mass is 79.9. The van der Waals surface area contributed by atoms with Crippen LogP contribution < -0.4 is 10.5 Å². The third-order valence-corrected chi connectivity index (χ3v) is 5.84. The number of nitrogens with zero attached hydrogens (tertiary/aromatic N) is 1. The molecule has 0 amide bonds. The zero-order valence-electron chi connectivity index (χ0n) is 11.8. The van der Waals surface area contributed by atoms with E-state index in [1.54, 1.807) is 0 Å². The lowest BCUT2D eigenvalue weighted by molar-refractivity contribution is 0.211. The molecule has 1 heterocycles. The summed E-state index contributed by atoms with van der Waals surface area (Å²) >= 11 is 3.08. The van der Waals surface area contributed by atoms with Crippen molar-refractivity contribution in [2.24, 2.45) is 0 Å². The predicted octanol–water partition coefficient (Wildman–Crippen LogP) is 1.93. The second-order valence-electron chi connectivity index (χ2n) is 5.16. The number of rotatable bonds is 4. The van der Waals surface area contributed by atoms with E-state index in [-0.39, 0.29) is 11.7 Å². The molecule has 1 saturated heterocycles. The number of hydrogen-bond donors (Lipinski definition) is 2. The van der Waals surface area contributed by atoms with E-state index in [1.165, 1.54) is 0 Å². The van der Waals surface area contributed by atoms with E-state index in [4.69, 9.17) is 5.73 Å². The average Bonchev–Trinajstić information content (AvgIpc) is 2.42. The fraction of sp³-hybridized carbons (Fsp3) is 0.538. The second-order valence-corrected chi connectivity index (χ2v) is 7.69. The van der Waals surface area contributed by atoms with Crippen LogP contribution in [0.4, 0.5) is 10.1 Å². The third kappa shape index (κ3) is 3.94. The van der Waals surface area contributed by atoms with Crippen molar-refractivity contribution in [2.75, 3.05) is 25.4 Å². The molecule has 0 aromatic heterocycles. The zero-order valence-corrected chi connectivity index (χ0v) is 14.2. The Bertz CT molecular complexity index is 624. The van der Waals surface area contributed by atoms with Gasteiger partial charge in [-0.25, -0.2) is 17.5 Å². The second kappa shape index (κ2) is 6.60. The van der Waals surface area contributed by atoms with E-state index in [9.17, 15) is 12.8 Å². The lowest BCUT2D eigenvalue weighted by atomic mass is 10.1. The zero-order chi connectivity index (χ0) is 15.6. The van der Waals surface area contributed by atoms with Crippen LogP contribution in [-0.2, 0) is 10.0 Å². The van der Waals surface area contributed by atoms with E-state index >= 15 is 0 Å². The number of nitrogens with one attached hydrogen (secondary N) is 1. The smallest absolute Gasteiger partial charge is 0.243 e. The quantitative estimate of drug-likeness (QED) is 0.783. The van der Waals surface area contributed by atoms with Gasteiger partial charge in [0.25, 0.3) is 0 Å². The van der Waals surface area contributed by atoms with Gasteiger partial charge >= 0.3 is 0 Å². The molecule has 0 saturated carbocycles. The Morgan fingerprint density at radius 1 is 1.52 bits per heavy atom. The summed E-state index contributed by atoms with van der Waals surface area (Å²) in [5, 5.41) is 0. The maximum atomic E-state index is 13.9. The van der Waals surface area contributed by atoms with Crippen LogP contribution in [0.25, 0.3) is 0 Å². The fourth-order valence-corrected chi connectivity index (χ4v) is 4.14. The average molecular weight is 380 g/mol. The SMILES string of the molecule is CCN1CCCC(NS(=O)(=O)c2cc(N)c(Br)cc2F)C1. The summed E-state index contributed by atoms with van der Waals surface area (Å²) in [6.07, 6.45) is 1.68. The number of hydrogen-bond acceptors (Lipinski definition) is 4. The Morgan fingerprint density at radius 3 is 2.90 bits per heavy atom. The third-order valence-electron chi connectivity index (χ3n) is 3.62. The van der Waals surface area contributed by atoms with Crippen LogP contribution in [0.1, 0.15) is 19.8 Å². The number of anilines is 1. The van der Waals surface area contributed by atoms with Gasteiger partial charge in [-0.05, 0) is 54.0 Å². The molecular formula is C13H19BrFN3O2S.